The van der Waals surface area contributed by atoms with Crippen LogP contribution < -0.4 is 0 Å². The van der Waals surface area contributed by atoms with E-state index in [0.717, 1.165) is 0 Å². The number of hydrogen-bond acceptors (Lipinski definition) is 4. The number of alkyl halides is 2. The number of ketones is 2. The van der Waals surface area contributed by atoms with Crippen LogP contribution in [-0.2, 0) is 9.59 Å². The first-order valence-electron chi connectivity index (χ1n) is 10.6. The van der Waals surface area contributed by atoms with Crippen molar-refractivity contribution in [3.8, 4) is 0 Å². The number of Topliss-reactive ketones (excluding diaryl/α,β-unsaturated/α-hetero) is 1. The van der Waals surface area contributed by atoms with E-state index in [1.54, 1.807) is 20.8 Å². The third kappa shape index (κ3) is 2.97. The van der Waals surface area contributed by atoms with E-state index in [2.05, 4.69) is 0 Å². The number of halogens is 2. The topological polar surface area (TPSA) is 74.6 Å². The SMILES string of the molecule is CCC[C@H]1[C@@H]2C[C@H](F)C3=CC(=O)C=C[C@]3(C)[C@@]2(F)[C@@H](C)C[C@]1(C)C(O)C(=O)CO. The van der Waals surface area contributed by atoms with Crippen molar-refractivity contribution in [1.29, 1.82) is 0 Å². The molecule has 0 aromatic rings. The summed E-state index contributed by atoms with van der Waals surface area (Å²) in [6.07, 6.45) is 2.58. The lowest BCUT2D eigenvalue weighted by molar-refractivity contribution is -0.197. The highest BCUT2D eigenvalue weighted by Gasteiger charge is 2.69. The largest absolute Gasteiger partial charge is 0.388 e. The van der Waals surface area contributed by atoms with Crippen LogP contribution in [0.25, 0.3) is 0 Å². The molecule has 0 radical (unpaired) electrons. The highest BCUT2D eigenvalue weighted by molar-refractivity contribution is 6.01. The normalized spacial score (nSPS) is 45.2. The van der Waals surface area contributed by atoms with E-state index < -0.39 is 58.9 Å². The molecule has 3 aliphatic carbocycles. The van der Waals surface area contributed by atoms with E-state index in [4.69, 9.17) is 0 Å². The van der Waals surface area contributed by atoms with Crippen molar-refractivity contribution in [2.24, 2.45) is 28.6 Å². The summed E-state index contributed by atoms with van der Waals surface area (Å²) in [6, 6.07) is 0. The molecule has 0 spiro atoms. The van der Waals surface area contributed by atoms with Crippen molar-refractivity contribution in [2.75, 3.05) is 6.61 Å². The van der Waals surface area contributed by atoms with Crippen LogP contribution in [0.15, 0.2) is 23.8 Å². The number of allylic oxidation sites excluding steroid dienone is 4. The molecule has 0 aliphatic heterocycles. The fraction of sp³-hybridized carbons (Fsp3) is 0.739. The van der Waals surface area contributed by atoms with E-state index in [1.165, 1.54) is 18.2 Å². The number of hydrogen-bond donors (Lipinski definition) is 2. The Morgan fingerprint density at radius 2 is 2.03 bits per heavy atom. The molecule has 0 amide bonds. The van der Waals surface area contributed by atoms with Crippen molar-refractivity contribution >= 4 is 11.6 Å². The smallest absolute Gasteiger partial charge is 0.187 e. The Labute approximate surface area is 171 Å². The fourth-order valence-electron chi connectivity index (χ4n) is 6.73. The number of carbonyl (C=O) groups excluding carboxylic acids is 2. The molecule has 0 saturated heterocycles. The first-order chi connectivity index (χ1) is 13.5. The number of carbonyl (C=O) groups is 2. The molecule has 6 heteroatoms. The highest BCUT2D eigenvalue weighted by Crippen LogP contribution is 2.67. The zero-order valence-electron chi connectivity index (χ0n) is 17.6. The third-order valence-electron chi connectivity index (χ3n) is 8.09. The number of aliphatic hydroxyl groups is 2. The summed E-state index contributed by atoms with van der Waals surface area (Å²) in [5, 5.41) is 20.1. The van der Waals surface area contributed by atoms with Gasteiger partial charge < -0.3 is 10.2 Å². The van der Waals surface area contributed by atoms with Gasteiger partial charge in [0, 0.05) is 16.7 Å². The van der Waals surface area contributed by atoms with Crippen molar-refractivity contribution in [3.63, 3.8) is 0 Å². The molecule has 0 bridgehead atoms. The molecule has 0 aromatic heterocycles. The summed E-state index contributed by atoms with van der Waals surface area (Å²) in [5.41, 5.74) is -3.82. The molecule has 0 heterocycles. The molecule has 2 saturated carbocycles. The van der Waals surface area contributed by atoms with E-state index >= 15 is 8.78 Å². The maximum atomic E-state index is 17.1. The monoisotopic (exact) mass is 410 g/mol. The minimum Gasteiger partial charge on any atom is -0.388 e. The van der Waals surface area contributed by atoms with Gasteiger partial charge in [0.1, 0.15) is 24.6 Å². The van der Waals surface area contributed by atoms with Crippen LogP contribution in [0, 0.1) is 28.6 Å². The maximum absolute atomic E-state index is 17.1. The van der Waals surface area contributed by atoms with E-state index in [0.29, 0.717) is 12.8 Å². The molecule has 2 N–H and O–H groups in total. The van der Waals surface area contributed by atoms with Crippen molar-refractivity contribution in [3.05, 3.63) is 23.8 Å². The van der Waals surface area contributed by atoms with Gasteiger partial charge in [-0.1, -0.05) is 33.3 Å². The first-order valence-corrected chi connectivity index (χ1v) is 10.6. The van der Waals surface area contributed by atoms with Gasteiger partial charge >= 0.3 is 0 Å². The lowest BCUT2D eigenvalue weighted by atomic mass is 9.42. The van der Waals surface area contributed by atoms with Crippen LogP contribution in [0.2, 0.25) is 0 Å². The predicted molar refractivity (Wildman–Crippen MR) is 106 cm³/mol. The van der Waals surface area contributed by atoms with Gasteiger partial charge in [-0.25, -0.2) is 8.78 Å². The summed E-state index contributed by atoms with van der Waals surface area (Å²) in [5.74, 6) is -2.74. The van der Waals surface area contributed by atoms with E-state index in [9.17, 15) is 19.8 Å². The van der Waals surface area contributed by atoms with Crippen LogP contribution in [0.5, 0.6) is 0 Å². The minimum atomic E-state index is -1.81. The summed E-state index contributed by atoms with van der Waals surface area (Å²) in [6.45, 7) is 6.34. The van der Waals surface area contributed by atoms with Gasteiger partial charge in [-0.2, -0.15) is 0 Å². The lowest BCUT2D eigenvalue weighted by Gasteiger charge is -2.64. The van der Waals surface area contributed by atoms with Crippen LogP contribution in [0.1, 0.15) is 53.4 Å². The van der Waals surface area contributed by atoms with Crippen molar-refractivity contribution in [1.82, 2.24) is 0 Å². The molecule has 29 heavy (non-hydrogen) atoms. The number of aliphatic hydroxyl groups excluding tert-OH is 2. The lowest BCUT2D eigenvalue weighted by Crippen LogP contribution is -2.67. The van der Waals surface area contributed by atoms with Gasteiger partial charge in [-0.3, -0.25) is 9.59 Å². The van der Waals surface area contributed by atoms with Crippen LogP contribution in [0.3, 0.4) is 0 Å². The Bertz CT molecular complexity index is 762. The zero-order valence-corrected chi connectivity index (χ0v) is 17.6. The zero-order chi connectivity index (χ0) is 21.8. The maximum Gasteiger partial charge on any atom is 0.187 e. The van der Waals surface area contributed by atoms with Gasteiger partial charge in [-0.05, 0) is 55.7 Å². The molecule has 3 rings (SSSR count). The van der Waals surface area contributed by atoms with Crippen molar-refractivity contribution in [2.45, 2.75) is 71.3 Å². The Morgan fingerprint density at radius 1 is 1.38 bits per heavy atom. The number of rotatable bonds is 5. The highest BCUT2D eigenvalue weighted by atomic mass is 19.1. The second-order valence-electron chi connectivity index (χ2n) is 9.65. The average molecular weight is 411 g/mol. The molecule has 3 aliphatic rings. The second kappa shape index (κ2) is 7.38. The molecule has 4 nitrogen and oxygen atoms in total. The predicted octanol–water partition coefficient (Wildman–Crippen LogP) is 3.51. The van der Waals surface area contributed by atoms with Gasteiger partial charge in [0.2, 0.25) is 0 Å². The first kappa shape index (κ1) is 22.3. The Hall–Kier alpha value is -1.40. The Morgan fingerprint density at radius 3 is 2.62 bits per heavy atom. The fourth-order valence-corrected chi connectivity index (χ4v) is 6.73. The molecule has 2 fully saturated rings. The quantitative estimate of drug-likeness (QED) is 0.727. The van der Waals surface area contributed by atoms with Gasteiger partial charge in [0.25, 0.3) is 0 Å². The molecule has 0 aromatic carbocycles. The Kier molecular flexibility index (Phi) is 5.67. The average Bonchev–Trinajstić information content (AvgIpc) is 2.68. The van der Waals surface area contributed by atoms with Gasteiger partial charge in [0.15, 0.2) is 11.6 Å². The molecule has 8 atom stereocenters. The Balaban J connectivity index is 2.15. The van der Waals surface area contributed by atoms with Crippen molar-refractivity contribution < 1.29 is 28.6 Å². The summed E-state index contributed by atoms with van der Waals surface area (Å²) in [7, 11) is 0. The minimum absolute atomic E-state index is 0.0797. The molecule has 162 valence electrons. The van der Waals surface area contributed by atoms with Crippen LogP contribution in [0.4, 0.5) is 8.78 Å². The third-order valence-corrected chi connectivity index (χ3v) is 8.09. The van der Waals surface area contributed by atoms with Crippen LogP contribution >= 0.6 is 0 Å². The molecular weight excluding hydrogens is 378 g/mol. The standard InChI is InChI=1S/C23H32F2O4/c1-5-6-15-16-10-18(24)17-9-14(27)7-8-22(17,4)23(16,25)13(2)11-21(15,3)20(29)19(28)12-26/h7-9,13,15-16,18,20,26,29H,5-6,10-12H2,1-4H3/t13-,15-,16-,18-,20?,21-,22-,23+/m0/s1. The summed E-state index contributed by atoms with van der Waals surface area (Å²) in [4.78, 5) is 24.1. The van der Waals surface area contributed by atoms with E-state index in [-0.39, 0.29) is 24.2 Å². The summed E-state index contributed by atoms with van der Waals surface area (Å²) >= 11 is 0. The number of fused-ring (bicyclic) bond motifs is 3. The van der Waals surface area contributed by atoms with Gasteiger partial charge in [0.05, 0.1) is 0 Å². The summed E-state index contributed by atoms with van der Waals surface area (Å²) < 4.78 is 32.4. The van der Waals surface area contributed by atoms with Crippen LogP contribution in [-0.4, -0.2) is 46.3 Å². The van der Waals surface area contributed by atoms with Gasteiger partial charge in [-0.15, -0.1) is 0 Å². The second-order valence-corrected chi connectivity index (χ2v) is 9.65. The van der Waals surface area contributed by atoms with E-state index in [1.807, 2.05) is 6.92 Å². The molecular formula is C23H32F2O4. The molecule has 1 unspecified atom stereocenters.